The first-order valence-electron chi connectivity index (χ1n) is 9.90. The smallest absolute Gasteiger partial charge is 0.191 e. The summed E-state index contributed by atoms with van der Waals surface area (Å²) in [6, 6.07) is 7.95. The molecule has 1 aliphatic heterocycles. The van der Waals surface area contributed by atoms with Gasteiger partial charge in [0.05, 0.1) is 20.3 Å². The van der Waals surface area contributed by atoms with Crippen molar-refractivity contribution in [3.05, 3.63) is 35.9 Å². The summed E-state index contributed by atoms with van der Waals surface area (Å²) in [5.74, 6) is 4.37. The number of hydrogen-bond acceptors (Lipinski definition) is 5. The Morgan fingerprint density at radius 2 is 2.21 bits per heavy atom. The number of fused-ring (bicyclic) bond motifs is 1. The van der Waals surface area contributed by atoms with Crippen LogP contribution in [0.4, 0.5) is 0 Å². The van der Waals surface area contributed by atoms with E-state index in [2.05, 4.69) is 32.6 Å². The van der Waals surface area contributed by atoms with Crippen LogP contribution in [0.2, 0.25) is 0 Å². The first kappa shape index (κ1) is 20.0. The van der Waals surface area contributed by atoms with Crippen molar-refractivity contribution in [2.45, 2.75) is 45.7 Å². The predicted molar refractivity (Wildman–Crippen MR) is 109 cm³/mol. The van der Waals surface area contributed by atoms with Gasteiger partial charge in [-0.05, 0) is 32.4 Å². The number of benzene rings is 1. The summed E-state index contributed by atoms with van der Waals surface area (Å²) in [6.45, 7) is 6.96. The van der Waals surface area contributed by atoms with Crippen LogP contribution >= 0.6 is 0 Å². The second-order valence-electron chi connectivity index (χ2n) is 6.78. The quantitative estimate of drug-likeness (QED) is 0.410. The van der Waals surface area contributed by atoms with Crippen molar-refractivity contribution in [2.75, 3.05) is 26.8 Å². The van der Waals surface area contributed by atoms with Crippen molar-refractivity contribution < 1.29 is 9.47 Å². The van der Waals surface area contributed by atoms with Crippen LogP contribution in [-0.2, 0) is 13.0 Å². The lowest BCUT2D eigenvalue weighted by atomic mass is 10.1. The molecule has 2 aromatic rings. The number of methoxy groups -OCH3 is 1. The van der Waals surface area contributed by atoms with Gasteiger partial charge in [0.25, 0.3) is 0 Å². The van der Waals surface area contributed by atoms with Gasteiger partial charge in [-0.1, -0.05) is 6.07 Å². The molecule has 0 radical (unpaired) electrons. The van der Waals surface area contributed by atoms with Crippen LogP contribution in [0.1, 0.15) is 31.4 Å². The Morgan fingerprint density at radius 3 is 3.04 bits per heavy atom. The van der Waals surface area contributed by atoms with E-state index in [1.165, 1.54) is 0 Å². The fraction of sp³-hybridized carbons (Fsp3) is 0.550. The number of hydrogen-bond donors (Lipinski definition) is 2. The predicted octanol–water partition coefficient (Wildman–Crippen LogP) is 1.93. The standard InChI is InChI=1S/C20H30N6O2/c1-4-21-20(24-16-9-10-19-23-15(2)25-26(19)14-16)22-11-6-12-28-18-8-5-7-17(13-18)27-3/h5,7-8,13,16H,4,6,9-12,14H2,1-3H3,(H2,21,22,24). The van der Waals surface area contributed by atoms with Gasteiger partial charge in [0.2, 0.25) is 0 Å². The largest absolute Gasteiger partial charge is 0.497 e. The number of aromatic nitrogens is 3. The highest BCUT2D eigenvalue weighted by Crippen LogP contribution is 2.18. The van der Waals surface area contributed by atoms with E-state index in [-0.39, 0.29) is 0 Å². The summed E-state index contributed by atoms with van der Waals surface area (Å²) >= 11 is 0. The van der Waals surface area contributed by atoms with Gasteiger partial charge in [-0.2, -0.15) is 5.10 Å². The molecule has 152 valence electrons. The van der Waals surface area contributed by atoms with Crippen molar-refractivity contribution in [3.63, 3.8) is 0 Å². The lowest BCUT2D eigenvalue weighted by molar-refractivity contribution is 0.310. The van der Waals surface area contributed by atoms with Crippen LogP contribution < -0.4 is 20.1 Å². The Bertz CT molecular complexity index is 789. The van der Waals surface area contributed by atoms with Gasteiger partial charge < -0.3 is 20.1 Å². The minimum Gasteiger partial charge on any atom is -0.497 e. The monoisotopic (exact) mass is 386 g/mol. The van der Waals surface area contributed by atoms with E-state index in [0.717, 1.165) is 61.5 Å². The Kier molecular flexibility index (Phi) is 7.11. The van der Waals surface area contributed by atoms with Gasteiger partial charge >= 0.3 is 0 Å². The number of nitrogens with one attached hydrogen (secondary N) is 2. The molecule has 1 aromatic heterocycles. The molecular formula is C20H30N6O2. The minimum absolute atomic E-state index is 0.305. The number of aliphatic imine (C=N–C) groups is 1. The van der Waals surface area contributed by atoms with Gasteiger partial charge in [0.15, 0.2) is 5.96 Å². The van der Waals surface area contributed by atoms with E-state index in [1.54, 1.807) is 7.11 Å². The SMILES string of the molecule is CCNC(=NCCCOc1cccc(OC)c1)NC1CCc2nc(C)nn2C1. The molecule has 1 aliphatic rings. The zero-order valence-corrected chi connectivity index (χ0v) is 16.9. The molecule has 0 amide bonds. The van der Waals surface area contributed by atoms with Gasteiger partial charge in [-0.3, -0.25) is 4.99 Å². The first-order valence-corrected chi connectivity index (χ1v) is 9.90. The second kappa shape index (κ2) is 9.96. The average molecular weight is 387 g/mol. The first-order chi connectivity index (χ1) is 13.7. The van der Waals surface area contributed by atoms with Crippen molar-refractivity contribution in [3.8, 4) is 11.5 Å². The number of guanidine groups is 1. The topological polar surface area (TPSA) is 85.6 Å². The fourth-order valence-electron chi connectivity index (χ4n) is 3.20. The number of nitrogens with zero attached hydrogens (tertiary/aromatic N) is 4. The lowest BCUT2D eigenvalue weighted by Crippen LogP contribution is -2.47. The van der Waals surface area contributed by atoms with Crippen LogP contribution in [0.3, 0.4) is 0 Å². The molecule has 1 atom stereocenters. The highest BCUT2D eigenvalue weighted by molar-refractivity contribution is 5.80. The minimum atomic E-state index is 0.305. The molecule has 2 heterocycles. The maximum absolute atomic E-state index is 5.77. The molecule has 0 fully saturated rings. The number of aryl methyl sites for hydroxylation is 2. The van der Waals surface area contributed by atoms with Gasteiger partial charge in [0, 0.05) is 38.0 Å². The van der Waals surface area contributed by atoms with Crippen molar-refractivity contribution in [1.29, 1.82) is 0 Å². The Labute approximate surface area is 166 Å². The van der Waals surface area contributed by atoms with E-state index in [0.29, 0.717) is 19.2 Å². The summed E-state index contributed by atoms with van der Waals surface area (Å²) in [4.78, 5) is 9.14. The van der Waals surface area contributed by atoms with Crippen LogP contribution in [0.5, 0.6) is 11.5 Å². The van der Waals surface area contributed by atoms with E-state index < -0.39 is 0 Å². The normalized spacial score (nSPS) is 16.4. The van der Waals surface area contributed by atoms with Gasteiger partial charge in [0.1, 0.15) is 23.1 Å². The summed E-state index contributed by atoms with van der Waals surface area (Å²) in [5, 5.41) is 11.3. The lowest BCUT2D eigenvalue weighted by Gasteiger charge is -2.25. The molecule has 8 heteroatoms. The summed E-state index contributed by atoms with van der Waals surface area (Å²) in [6.07, 6.45) is 2.80. The van der Waals surface area contributed by atoms with Gasteiger partial charge in [-0.25, -0.2) is 9.67 Å². The fourth-order valence-corrected chi connectivity index (χ4v) is 3.20. The molecule has 2 N–H and O–H groups in total. The molecule has 1 unspecified atom stereocenters. The molecule has 3 rings (SSSR count). The Morgan fingerprint density at radius 1 is 1.36 bits per heavy atom. The zero-order chi connectivity index (χ0) is 19.8. The molecule has 0 saturated carbocycles. The molecule has 1 aromatic carbocycles. The molecule has 28 heavy (non-hydrogen) atoms. The van der Waals surface area contributed by atoms with E-state index in [9.17, 15) is 0 Å². The Balaban J connectivity index is 1.45. The van der Waals surface area contributed by atoms with Crippen LogP contribution in [0.25, 0.3) is 0 Å². The van der Waals surface area contributed by atoms with Crippen LogP contribution in [-0.4, -0.2) is 53.6 Å². The third-order valence-corrected chi connectivity index (χ3v) is 4.53. The van der Waals surface area contributed by atoms with Crippen molar-refractivity contribution in [1.82, 2.24) is 25.4 Å². The van der Waals surface area contributed by atoms with E-state index in [4.69, 9.17) is 9.47 Å². The zero-order valence-electron chi connectivity index (χ0n) is 16.9. The molecular weight excluding hydrogens is 356 g/mol. The molecule has 8 nitrogen and oxygen atoms in total. The average Bonchev–Trinajstić information content (AvgIpc) is 3.07. The van der Waals surface area contributed by atoms with E-state index >= 15 is 0 Å². The Hall–Kier alpha value is -2.77. The maximum Gasteiger partial charge on any atom is 0.191 e. The maximum atomic E-state index is 5.77. The van der Waals surface area contributed by atoms with Crippen molar-refractivity contribution in [2.24, 2.45) is 4.99 Å². The van der Waals surface area contributed by atoms with Crippen molar-refractivity contribution >= 4 is 5.96 Å². The molecule has 0 saturated heterocycles. The van der Waals surface area contributed by atoms with Crippen LogP contribution in [0, 0.1) is 6.92 Å². The molecule has 0 aliphatic carbocycles. The summed E-state index contributed by atoms with van der Waals surface area (Å²) in [7, 11) is 1.65. The number of ether oxygens (including phenoxy) is 2. The summed E-state index contributed by atoms with van der Waals surface area (Å²) < 4.78 is 13.0. The highest BCUT2D eigenvalue weighted by Gasteiger charge is 2.21. The van der Waals surface area contributed by atoms with Crippen LogP contribution in [0.15, 0.2) is 29.3 Å². The third kappa shape index (κ3) is 5.61. The van der Waals surface area contributed by atoms with E-state index in [1.807, 2.05) is 35.9 Å². The van der Waals surface area contributed by atoms with Gasteiger partial charge in [-0.15, -0.1) is 0 Å². The molecule has 0 spiro atoms. The molecule has 0 bridgehead atoms. The highest BCUT2D eigenvalue weighted by atomic mass is 16.5. The summed E-state index contributed by atoms with van der Waals surface area (Å²) in [5.41, 5.74) is 0. The third-order valence-electron chi connectivity index (χ3n) is 4.53. The number of rotatable bonds is 8. The second-order valence-corrected chi connectivity index (χ2v) is 6.78.